The van der Waals surface area contributed by atoms with Crippen LogP contribution in [0, 0.1) is 0 Å². The predicted octanol–water partition coefficient (Wildman–Crippen LogP) is 6.78. The molecular weight excluding hydrogens is 399 g/mol. The van der Waals surface area contributed by atoms with E-state index in [1.54, 1.807) is 0 Å². The summed E-state index contributed by atoms with van der Waals surface area (Å²) in [6.07, 6.45) is 8.91. The molecule has 0 saturated carbocycles. The quantitative estimate of drug-likeness (QED) is 0.323. The SMILES string of the molecule is Cl[Si](Cl)(CC1C=Cc2ccccc21)c1ccc(C2C=Cc3ccccc32)cc1. The van der Waals surface area contributed by atoms with Gasteiger partial charge in [0.15, 0.2) is 0 Å². The van der Waals surface area contributed by atoms with Gasteiger partial charge in [0.25, 0.3) is 6.69 Å². The molecule has 0 amide bonds. The lowest BCUT2D eigenvalue weighted by molar-refractivity contribution is 0.976. The van der Waals surface area contributed by atoms with Gasteiger partial charge >= 0.3 is 0 Å². The number of hydrogen-bond donors (Lipinski definition) is 0. The number of benzene rings is 3. The number of halogens is 2. The summed E-state index contributed by atoms with van der Waals surface area (Å²) in [4.78, 5) is 0. The first-order chi connectivity index (χ1) is 13.6. The zero-order valence-corrected chi connectivity index (χ0v) is 17.9. The Balaban J connectivity index is 1.37. The molecule has 3 heteroatoms. The molecule has 138 valence electrons. The molecule has 3 aromatic rings. The minimum atomic E-state index is -2.57. The van der Waals surface area contributed by atoms with Gasteiger partial charge in [-0.15, -0.1) is 22.2 Å². The summed E-state index contributed by atoms with van der Waals surface area (Å²) in [5.74, 6) is 0.624. The Hall–Kier alpha value is -2.06. The molecule has 3 aromatic carbocycles. The Morgan fingerprint density at radius 1 is 0.679 bits per heavy atom. The summed E-state index contributed by atoms with van der Waals surface area (Å²) in [5.41, 5.74) is 6.58. The molecule has 0 fully saturated rings. The Bertz CT molecular complexity index is 1080. The molecule has 28 heavy (non-hydrogen) atoms. The molecule has 0 aromatic heterocycles. The summed E-state index contributed by atoms with van der Waals surface area (Å²) in [7, 11) is 0. The van der Waals surface area contributed by atoms with E-state index in [0.717, 1.165) is 11.2 Å². The third kappa shape index (κ3) is 3.18. The topological polar surface area (TPSA) is 0 Å². The van der Waals surface area contributed by atoms with Crippen LogP contribution in [0.5, 0.6) is 0 Å². The fourth-order valence-corrected chi connectivity index (χ4v) is 7.92. The highest BCUT2D eigenvalue weighted by atomic mass is 35.7. The van der Waals surface area contributed by atoms with Gasteiger partial charge in [0, 0.05) is 11.8 Å². The van der Waals surface area contributed by atoms with Gasteiger partial charge in [-0.05, 0) is 39.0 Å². The van der Waals surface area contributed by atoms with Crippen LogP contribution >= 0.6 is 22.2 Å². The van der Waals surface area contributed by atoms with Gasteiger partial charge in [0.2, 0.25) is 0 Å². The van der Waals surface area contributed by atoms with Crippen molar-refractivity contribution in [2.45, 2.75) is 17.9 Å². The van der Waals surface area contributed by atoms with Crippen LogP contribution in [0.1, 0.15) is 39.7 Å². The molecule has 0 nitrogen and oxygen atoms in total. The van der Waals surface area contributed by atoms with E-state index in [0.29, 0.717) is 11.8 Å². The minimum Gasteiger partial charge on any atom is -0.140 e. The maximum atomic E-state index is 6.96. The third-order valence-corrected chi connectivity index (χ3v) is 10.2. The van der Waals surface area contributed by atoms with Crippen LogP contribution in [0.3, 0.4) is 0 Å². The molecular formula is C25H20Cl2Si. The molecule has 0 spiro atoms. The lowest BCUT2D eigenvalue weighted by Crippen LogP contribution is -2.37. The Labute approximate surface area is 176 Å². The van der Waals surface area contributed by atoms with E-state index >= 15 is 0 Å². The number of allylic oxidation sites excluding steroid dienone is 2. The summed E-state index contributed by atoms with van der Waals surface area (Å²) in [6, 6.07) is 26.5. The molecule has 0 radical (unpaired) electrons. The lowest BCUT2D eigenvalue weighted by Gasteiger charge is -2.22. The van der Waals surface area contributed by atoms with Crippen LogP contribution in [0.4, 0.5) is 0 Å². The molecule has 2 aliphatic rings. The van der Waals surface area contributed by atoms with Crippen LogP contribution in [0.2, 0.25) is 6.04 Å². The zero-order chi connectivity index (χ0) is 19.1. The maximum Gasteiger partial charge on any atom is 0.281 e. The Morgan fingerprint density at radius 3 is 2.04 bits per heavy atom. The van der Waals surface area contributed by atoms with Crippen molar-refractivity contribution in [3.8, 4) is 0 Å². The van der Waals surface area contributed by atoms with E-state index < -0.39 is 6.69 Å². The van der Waals surface area contributed by atoms with E-state index in [1.165, 1.54) is 27.8 Å². The van der Waals surface area contributed by atoms with Gasteiger partial charge in [-0.3, -0.25) is 0 Å². The van der Waals surface area contributed by atoms with E-state index in [9.17, 15) is 0 Å². The first-order valence-corrected chi connectivity index (χ1v) is 13.9. The van der Waals surface area contributed by atoms with E-state index in [-0.39, 0.29) is 0 Å². The smallest absolute Gasteiger partial charge is 0.140 e. The van der Waals surface area contributed by atoms with Crippen molar-refractivity contribution in [2.24, 2.45) is 0 Å². The molecule has 2 aliphatic carbocycles. The van der Waals surface area contributed by atoms with E-state index in [4.69, 9.17) is 22.2 Å². The van der Waals surface area contributed by atoms with Crippen molar-refractivity contribution in [3.05, 3.63) is 113 Å². The highest BCUT2D eigenvalue weighted by Crippen LogP contribution is 2.39. The number of hydrogen-bond acceptors (Lipinski definition) is 0. The Kier molecular flexibility index (Phi) is 4.55. The molecule has 5 rings (SSSR count). The van der Waals surface area contributed by atoms with Gasteiger partial charge in [0.1, 0.15) is 0 Å². The second-order valence-electron chi connectivity index (χ2n) is 7.59. The monoisotopic (exact) mass is 418 g/mol. The van der Waals surface area contributed by atoms with Crippen molar-refractivity contribution >= 4 is 46.2 Å². The molecule has 0 N–H and O–H groups in total. The van der Waals surface area contributed by atoms with Crippen molar-refractivity contribution in [3.63, 3.8) is 0 Å². The van der Waals surface area contributed by atoms with Crippen LogP contribution in [0.15, 0.2) is 84.9 Å². The molecule has 0 heterocycles. The van der Waals surface area contributed by atoms with Gasteiger partial charge in [-0.25, -0.2) is 0 Å². The normalized spacial score (nSPS) is 19.6. The van der Waals surface area contributed by atoms with Gasteiger partial charge in [0.05, 0.1) is 0 Å². The van der Waals surface area contributed by atoms with Crippen LogP contribution in [0.25, 0.3) is 12.2 Å². The van der Waals surface area contributed by atoms with Crippen molar-refractivity contribution < 1.29 is 0 Å². The summed E-state index contributed by atoms with van der Waals surface area (Å²) >= 11 is 13.9. The summed E-state index contributed by atoms with van der Waals surface area (Å²) in [5, 5.41) is 1.09. The highest BCUT2D eigenvalue weighted by molar-refractivity contribution is 7.51. The highest BCUT2D eigenvalue weighted by Gasteiger charge is 2.35. The van der Waals surface area contributed by atoms with Gasteiger partial charge in [-0.1, -0.05) is 97.1 Å². The second kappa shape index (κ2) is 7.08. The molecule has 0 saturated heterocycles. The van der Waals surface area contributed by atoms with Crippen LogP contribution in [-0.2, 0) is 0 Å². The van der Waals surface area contributed by atoms with E-state index in [1.807, 2.05) is 0 Å². The number of rotatable bonds is 4. The summed E-state index contributed by atoms with van der Waals surface area (Å²) in [6.45, 7) is -2.57. The average molecular weight is 419 g/mol. The van der Waals surface area contributed by atoms with Crippen molar-refractivity contribution in [1.82, 2.24) is 0 Å². The minimum absolute atomic E-state index is 0.308. The predicted molar refractivity (Wildman–Crippen MR) is 124 cm³/mol. The lowest BCUT2D eigenvalue weighted by atomic mass is 9.93. The van der Waals surface area contributed by atoms with Crippen LogP contribution < -0.4 is 5.19 Å². The fourth-order valence-electron chi connectivity index (χ4n) is 4.37. The van der Waals surface area contributed by atoms with Gasteiger partial charge < -0.3 is 0 Å². The number of fused-ring (bicyclic) bond motifs is 2. The Morgan fingerprint density at radius 2 is 1.29 bits per heavy atom. The maximum absolute atomic E-state index is 6.96. The fraction of sp³-hybridized carbons (Fsp3) is 0.120. The first kappa shape index (κ1) is 18.0. The second-order valence-corrected chi connectivity index (χ2v) is 14.4. The van der Waals surface area contributed by atoms with Crippen molar-refractivity contribution in [1.29, 1.82) is 0 Å². The average Bonchev–Trinajstić information content (AvgIpc) is 3.32. The molecule has 0 aliphatic heterocycles. The van der Waals surface area contributed by atoms with Crippen LogP contribution in [-0.4, -0.2) is 6.69 Å². The standard InChI is InChI=1S/C25H20Cl2Si/c26-28(27,17-21-10-9-18-5-1-3-7-23(18)21)22-14-11-20(12-15-22)25-16-13-19-6-2-4-8-24(19)25/h1-16,21,25H,17H2. The van der Waals surface area contributed by atoms with Gasteiger partial charge in [-0.2, -0.15) is 0 Å². The third-order valence-electron chi connectivity index (χ3n) is 5.87. The molecule has 2 unspecified atom stereocenters. The first-order valence-electron chi connectivity index (χ1n) is 9.64. The molecule has 0 bridgehead atoms. The largest absolute Gasteiger partial charge is 0.281 e. The zero-order valence-electron chi connectivity index (χ0n) is 15.4. The van der Waals surface area contributed by atoms with E-state index in [2.05, 4.69) is 97.1 Å². The molecule has 2 atom stereocenters. The summed E-state index contributed by atoms with van der Waals surface area (Å²) < 4.78 is 0. The van der Waals surface area contributed by atoms with Crippen molar-refractivity contribution in [2.75, 3.05) is 0 Å².